The van der Waals surface area contributed by atoms with Crippen molar-refractivity contribution in [2.45, 2.75) is 25.3 Å². The van der Waals surface area contributed by atoms with Gasteiger partial charge in [-0.05, 0) is 25.9 Å². The second-order valence-electron chi connectivity index (χ2n) is 4.23. The third kappa shape index (κ3) is 3.17. The zero-order chi connectivity index (χ0) is 12.1. The lowest BCUT2D eigenvalue weighted by Gasteiger charge is -2.22. The molecule has 0 radical (unpaired) electrons. The molecule has 2 rings (SSSR count). The van der Waals surface area contributed by atoms with Crippen LogP contribution < -0.4 is 10.6 Å². The van der Waals surface area contributed by atoms with Crippen LogP contribution >= 0.6 is 0 Å². The predicted octanol–water partition coefficient (Wildman–Crippen LogP) is 1.32. The molecule has 0 atom stereocenters. The normalized spacial score (nSPS) is 16.7. The molecule has 0 aliphatic carbocycles. The molecular weight excluding hydrogens is 216 g/mol. The summed E-state index contributed by atoms with van der Waals surface area (Å²) >= 11 is 0. The summed E-state index contributed by atoms with van der Waals surface area (Å²) in [5.41, 5.74) is 0.760. The molecular formula is C12H18N4O. The Bertz CT molecular complexity index is 393. The number of anilines is 1. The first-order chi connectivity index (χ1) is 8.29. The van der Waals surface area contributed by atoms with Crippen molar-refractivity contribution in [3.8, 4) is 0 Å². The number of carbonyl (C=O) groups is 1. The molecule has 1 fully saturated rings. The summed E-state index contributed by atoms with van der Waals surface area (Å²) in [6.07, 6.45) is 7.69. The van der Waals surface area contributed by atoms with E-state index in [1.54, 1.807) is 12.3 Å². The molecule has 0 spiro atoms. The summed E-state index contributed by atoms with van der Waals surface area (Å²) < 4.78 is 1.95. The van der Waals surface area contributed by atoms with Gasteiger partial charge < -0.3 is 10.6 Å². The summed E-state index contributed by atoms with van der Waals surface area (Å²) in [4.78, 5) is 11.4. The van der Waals surface area contributed by atoms with Crippen molar-refractivity contribution in [3.05, 3.63) is 25.0 Å². The summed E-state index contributed by atoms with van der Waals surface area (Å²) in [7, 11) is 0. The number of nitrogens with zero attached hydrogens (tertiary/aromatic N) is 2. The van der Waals surface area contributed by atoms with Crippen molar-refractivity contribution in [1.82, 2.24) is 15.1 Å². The minimum absolute atomic E-state index is 0.0511. The van der Waals surface area contributed by atoms with Gasteiger partial charge >= 0.3 is 0 Å². The molecule has 1 aromatic rings. The van der Waals surface area contributed by atoms with E-state index >= 15 is 0 Å². The van der Waals surface area contributed by atoms with Gasteiger partial charge in [0.05, 0.1) is 17.9 Å². The quantitative estimate of drug-likeness (QED) is 0.772. The van der Waals surface area contributed by atoms with Crippen molar-refractivity contribution < 1.29 is 4.79 Å². The van der Waals surface area contributed by atoms with E-state index < -0.39 is 0 Å². The van der Waals surface area contributed by atoms with Gasteiger partial charge in [-0.2, -0.15) is 5.10 Å². The van der Waals surface area contributed by atoms with Gasteiger partial charge in [0.2, 0.25) is 5.91 Å². The van der Waals surface area contributed by atoms with Gasteiger partial charge in [0.25, 0.3) is 0 Å². The Balaban J connectivity index is 1.95. The molecule has 17 heavy (non-hydrogen) atoms. The highest BCUT2D eigenvalue weighted by atomic mass is 16.1. The van der Waals surface area contributed by atoms with Crippen molar-refractivity contribution in [3.63, 3.8) is 0 Å². The number of rotatable bonds is 4. The van der Waals surface area contributed by atoms with Crippen LogP contribution in [-0.2, 0) is 4.79 Å². The SMILES string of the molecule is C=CCC(=O)Nc1cnn(C2CCNCC2)c1. The Labute approximate surface area is 101 Å². The number of nitrogens with one attached hydrogen (secondary N) is 2. The van der Waals surface area contributed by atoms with Gasteiger partial charge in [0.1, 0.15) is 0 Å². The molecule has 0 aromatic carbocycles. The summed E-state index contributed by atoms with van der Waals surface area (Å²) in [5, 5.41) is 10.4. The average Bonchev–Trinajstić information content (AvgIpc) is 2.79. The Hall–Kier alpha value is -1.62. The van der Waals surface area contributed by atoms with Gasteiger partial charge in [-0.15, -0.1) is 6.58 Å². The average molecular weight is 234 g/mol. The zero-order valence-electron chi connectivity index (χ0n) is 9.85. The molecule has 0 unspecified atom stereocenters. The van der Waals surface area contributed by atoms with Gasteiger partial charge in [0.15, 0.2) is 0 Å². The maximum absolute atomic E-state index is 11.4. The number of hydrogen-bond acceptors (Lipinski definition) is 3. The van der Waals surface area contributed by atoms with Crippen LogP contribution in [-0.4, -0.2) is 28.8 Å². The first-order valence-corrected chi connectivity index (χ1v) is 5.95. The topological polar surface area (TPSA) is 59.0 Å². The second kappa shape index (κ2) is 5.63. The molecule has 5 heteroatoms. The Kier molecular flexibility index (Phi) is 3.93. The molecule has 0 saturated carbocycles. The van der Waals surface area contributed by atoms with Gasteiger partial charge in [-0.3, -0.25) is 9.48 Å². The number of hydrogen-bond donors (Lipinski definition) is 2. The molecule has 1 aliphatic rings. The minimum Gasteiger partial charge on any atom is -0.323 e. The van der Waals surface area contributed by atoms with E-state index in [2.05, 4.69) is 22.3 Å². The van der Waals surface area contributed by atoms with Crippen LogP contribution in [0.25, 0.3) is 0 Å². The third-order valence-corrected chi connectivity index (χ3v) is 2.90. The summed E-state index contributed by atoms with van der Waals surface area (Å²) in [6.45, 7) is 5.59. The van der Waals surface area contributed by atoms with Crippen LogP contribution in [0.4, 0.5) is 5.69 Å². The first kappa shape index (κ1) is 11.9. The molecule has 1 aliphatic heterocycles. The van der Waals surface area contributed by atoms with Crippen LogP contribution in [0, 0.1) is 0 Å². The molecule has 2 heterocycles. The van der Waals surface area contributed by atoms with Crippen LogP contribution in [0.5, 0.6) is 0 Å². The van der Waals surface area contributed by atoms with Crippen molar-refractivity contribution in [2.75, 3.05) is 18.4 Å². The van der Waals surface area contributed by atoms with E-state index in [1.807, 2.05) is 10.9 Å². The molecule has 0 bridgehead atoms. The van der Waals surface area contributed by atoms with Crippen LogP contribution in [0.15, 0.2) is 25.0 Å². The van der Waals surface area contributed by atoms with E-state index in [9.17, 15) is 4.79 Å². The summed E-state index contributed by atoms with van der Waals surface area (Å²) in [6, 6.07) is 0.446. The van der Waals surface area contributed by atoms with E-state index in [4.69, 9.17) is 0 Å². The van der Waals surface area contributed by atoms with E-state index in [1.165, 1.54) is 0 Å². The molecule has 92 valence electrons. The zero-order valence-corrected chi connectivity index (χ0v) is 9.85. The highest BCUT2D eigenvalue weighted by molar-refractivity contribution is 5.91. The number of carbonyl (C=O) groups excluding carboxylic acids is 1. The molecule has 2 N–H and O–H groups in total. The second-order valence-corrected chi connectivity index (χ2v) is 4.23. The fourth-order valence-electron chi connectivity index (χ4n) is 2.02. The Morgan fingerprint density at radius 2 is 2.41 bits per heavy atom. The van der Waals surface area contributed by atoms with Crippen LogP contribution in [0.2, 0.25) is 0 Å². The summed E-state index contributed by atoms with van der Waals surface area (Å²) in [5.74, 6) is -0.0511. The number of piperidine rings is 1. The van der Waals surface area contributed by atoms with Crippen molar-refractivity contribution in [2.24, 2.45) is 0 Å². The van der Waals surface area contributed by atoms with E-state index in [0.29, 0.717) is 12.5 Å². The lowest BCUT2D eigenvalue weighted by molar-refractivity contribution is -0.115. The molecule has 1 amide bonds. The third-order valence-electron chi connectivity index (χ3n) is 2.90. The first-order valence-electron chi connectivity index (χ1n) is 5.95. The molecule has 1 aromatic heterocycles. The number of amides is 1. The predicted molar refractivity (Wildman–Crippen MR) is 66.8 cm³/mol. The van der Waals surface area contributed by atoms with Gasteiger partial charge in [-0.1, -0.05) is 6.08 Å². The maximum Gasteiger partial charge on any atom is 0.228 e. The molecule has 1 saturated heterocycles. The lowest BCUT2D eigenvalue weighted by atomic mass is 10.1. The maximum atomic E-state index is 11.4. The minimum atomic E-state index is -0.0511. The van der Waals surface area contributed by atoms with Crippen LogP contribution in [0.1, 0.15) is 25.3 Å². The Morgan fingerprint density at radius 3 is 3.12 bits per heavy atom. The fraction of sp³-hybridized carbons (Fsp3) is 0.500. The standard InChI is InChI=1S/C12H18N4O/c1-2-3-12(17)15-10-8-14-16(9-10)11-4-6-13-7-5-11/h2,8-9,11,13H,1,3-7H2,(H,15,17). The van der Waals surface area contributed by atoms with Gasteiger partial charge in [0, 0.05) is 12.6 Å². The molecule has 5 nitrogen and oxygen atoms in total. The monoisotopic (exact) mass is 234 g/mol. The smallest absolute Gasteiger partial charge is 0.228 e. The van der Waals surface area contributed by atoms with Crippen molar-refractivity contribution >= 4 is 11.6 Å². The van der Waals surface area contributed by atoms with Crippen molar-refractivity contribution in [1.29, 1.82) is 0 Å². The number of aromatic nitrogens is 2. The highest BCUT2D eigenvalue weighted by Gasteiger charge is 2.15. The van der Waals surface area contributed by atoms with Crippen LogP contribution in [0.3, 0.4) is 0 Å². The lowest BCUT2D eigenvalue weighted by Crippen LogP contribution is -2.29. The Morgan fingerprint density at radius 1 is 1.65 bits per heavy atom. The largest absolute Gasteiger partial charge is 0.323 e. The highest BCUT2D eigenvalue weighted by Crippen LogP contribution is 2.19. The van der Waals surface area contributed by atoms with E-state index in [-0.39, 0.29) is 5.91 Å². The van der Waals surface area contributed by atoms with E-state index in [0.717, 1.165) is 31.6 Å². The van der Waals surface area contributed by atoms with Gasteiger partial charge in [-0.25, -0.2) is 0 Å². The fourth-order valence-corrected chi connectivity index (χ4v) is 2.02.